The van der Waals surface area contributed by atoms with E-state index in [1.807, 2.05) is 0 Å². The number of esters is 1. The number of hydrogen-bond donors (Lipinski definition) is 1. The van der Waals surface area contributed by atoms with Crippen LogP contribution in [0.1, 0.15) is 10.5 Å². The Morgan fingerprint density at radius 3 is 2.61 bits per heavy atom. The molecule has 0 aliphatic carbocycles. The van der Waals surface area contributed by atoms with E-state index in [1.54, 1.807) is 0 Å². The van der Waals surface area contributed by atoms with Gasteiger partial charge in [-0.3, -0.25) is 10.1 Å². The molecule has 0 aliphatic heterocycles. The van der Waals surface area contributed by atoms with Gasteiger partial charge in [-0.15, -0.1) is 0 Å². The highest BCUT2D eigenvalue weighted by atomic mass is 16.6. The molecule has 0 radical (unpaired) electrons. The van der Waals surface area contributed by atoms with Crippen molar-refractivity contribution < 1.29 is 19.2 Å². The first-order chi connectivity index (χ1) is 8.56. The Kier molecular flexibility index (Phi) is 2.88. The molecule has 0 spiro atoms. The van der Waals surface area contributed by atoms with Gasteiger partial charge < -0.3 is 14.5 Å². The van der Waals surface area contributed by atoms with E-state index < -0.39 is 10.9 Å². The maximum atomic E-state index is 11.4. The Hall–Kier alpha value is -2.57. The molecule has 0 saturated carbocycles. The average Bonchev–Trinajstić information content (AvgIpc) is 2.80. The number of fused-ring (bicyclic) bond motifs is 1. The SMILES string of the molecule is COC(=O)c1cc2cc([N+](=O)[O-])cc(OC)c2[nH]1. The van der Waals surface area contributed by atoms with Crippen molar-refractivity contribution in [2.75, 3.05) is 14.2 Å². The van der Waals surface area contributed by atoms with Gasteiger partial charge in [-0.1, -0.05) is 0 Å². The van der Waals surface area contributed by atoms with Crippen molar-refractivity contribution in [3.63, 3.8) is 0 Å². The first kappa shape index (κ1) is 11.9. The van der Waals surface area contributed by atoms with E-state index >= 15 is 0 Å². The quantitative estimate of drug-likeness (QED) is 0.509. The number of carbonyl (C=O) groups excluding carboxylic acids is 1. The van der Waals surface area contributed by atoms with E-state index in [1.165, 1.54) is 32.4 Å². The fourth-order valence-corrected chi connectivity index (χ4v) is 1.68. The molecule has 0 atom stereocenters. The summed E-state index contributed by atoms with van der Waals surface area (Å²) in [6, 6.07) is 4.14. The van der Waals surface area contributed by atoms with Gasteiger partial charge in [-0.05, 0) is 6.07 Å². The lowest BCUT2D eigenvalue weighted by Crippen LogP contribution is -2.00. The molecule has 1 aromatic carbocycles. The highest BCUT2D eigenvalue weighted by molar-refractivity contribution is 5.97. The van der Waals surface area contributed by atoms with Crippen LogP contribution < -0.4 is 4.74 Å². The summed E-state index contributed by atoms with van der Waals surface area (Å²) in [5, 5.41) is 11.3. The third kappa shape index (κ3) is 1.86. The summed E-state index contributed by atoms with van der Waals surface area (Å²) in [4.78, 5) is 24.4. The molecule has 0 aliphatic rings. The molecule has 1 aromatic heterocycles. The lowest BCUT2D eigenvalue weighted by atomic mass is 10.2. The zero-order valence-corrected chi connectivity index (χ0v) is 9.72. The maximum absolute atomic E-state index is 11.4. The molecule has 2 rings (SSSR count). The molecular formula is C11H10N2O5. The Bertz CT molecular complexity index is 632. The molecule has 7 nitrogen and oxygen atoms in total. The number of ether oxygens (including phenoxy) is 2. The largest absolute Gasteiger partial charge is 0.494 e. The van der Waals surface area contributed by atoms with Crippen molar-refractivity contribution in [1.82, 2.24) is 4.98 Å². The minimum absolute atomic E-state index is 0.102. The number of nitro groups is 1. The van der Waals surface area contributed by atoms with E-state index in [0.29, 0.717) is 16.7 Å². The number of nitrogens with zero attached hydrogens (tertiary/aromatic N) is 1. The van der Waals surface area contributed by atoms with E-state index in [-0.39, 0.29) is 11.4 Å². The predicted octanol–water partition coefficient (Wildman–Crippen LogP) is 1.87. The zero-order valence-electron chi connectivity index (χ0n) is 9.72. The van der Waals surface area contributed by atoms with Crippen LogP contribution in [0.4, 0.5) is 5.69 Å². The highest BCUT2D eigenvalue weighted by Crippen LogP contribution is 2.31. The Balaban J connectivity index is 2.67. The first-order valence-corrected chi connectivity index (χ1v) is 5.00. The van der Waals surface area contributed by atoms with E-state index in [2.05, 4.69) is 9.72 Å². The number of methoxy groups -OCH3 is 2. The van der Waals surface area contributed by atoms with Crippen LogP contribution in [-0.4, -0.2) is 30.1 Å². The molecule has 0 saturated heterocycles. The minimum atomic E-state index is -0.545. The Morgan fingerprint density at radius 1 is 1.33 bits per heavy atom. The van der Waals surface area contributed by atoms with Gasteiger partial charge in [0.05, 0.1) is 30.7 Å². The molecule has 0 fully saturated rings. The number of aromatic nitrogens is 1. The summed E-state index contributed by atoms with van der Waals surface area (Å²) in [5.41, 5.74) is 0.629. The molecule has 2 aromatic rings. The standard InChI is InChI=1S/C11H10N2O5/c1-17-9-5-7(13(15)16)3-6-4-8(11(14)18-2)12-10(6)9/h3-5,12H,1-2H3. The molecule has 18 heavy (non-hydrogen) atoms. The number of rotatable bonds is 3. The van der Waals surface area contributed by atoms with E-state index in [9.17, 15) is 14.9 Å². The number of nitrogens with one attached hydrogen (secondary N) is 1. The summed E-state index contributed by atoms with van der Waals surface area (Å²) >= 11 is 0. The lowest BCUT2D eigenvalue weighted by molar-refractivity contribution is -0.384. The average molecular weight is 250 g/mol. The normalized spacial score (nSPS) is 10.3. The second kappa shape index (κ2) is 4.36. The van der Waals surface area contributed by atoms with E-state index in [0.717, 1.165) is 0 Å². The second-order valence-corrected chi connectivity index (χ2v) is 3.54. The van der Waals surface area contributed by atoms with Crippen LogP contribution in [0.5, 0.6) is 5.75 Å². The third-order valence-electron chi connectivity index (χ3n) is 2.51. The zero-order chi connectivity index (χ0) is 13.3. The van der Waals surface area contributed by atoms with Gasteiger partial charge >= 0.3 is 5.97 Å². The minimum Gasteiger partial charge on any atom is -0.494 e. The molecule has 0 bridgehead atoms. The lowest BCUT2D eigenvalue weighted by Gasteiger charge is -2.01. The van der Waals surface area contributed by atoms with Crippen molar-refractivity contribution in [1.29, 1.82) is 0 Å². The number of H-pyrrole nitrogens is 1. The van der Waals surface area contributed by atoms with Gasteiger partial charge in [0.25, 0.3) is 5.69 Å². The fourth-order valence-electron chi connectivity index (χ4n) is 1.68. The smallest absolute Gasteiger partial charge is 0.354 e. The maximum Gasteiger partial charge on any atom is 0.354 e. The molecule has 7 heteroatoms. The summed E-state index contributed by atoms with van der Waals surface area (Å²) < 4.78 is 9.63. The number of aromatic amines is 1. The van der Waals surface area contributed by atoms with Gasteiger partial charge in [0, 0.05) is 11.5 Å². The molecule has 1 heterocycles. The fraction of sp³-hybridized carbons (Fsp3) is 0.182. The van der Waals surface area contributed by atoms with Gasteiger partial charge in [0.1, 0.15) is 11.4 Å². The van der Waals surface area contributed by atoms with E-state index in [4.69, 9.17) is 4.74 Å². The van der Waals surface area contributed by atoms with Crippen molar-refractivity contribution in [2.45, 2.75) is 0 Å². The number of hydrogen-bond acceptors (Lipinski definition) is 5. The van der Waals surface area contributed by atoms with Crippen LogP contribution in [-0.2, 0) is 4.74 Å². The van der Waals surface area contributed by atoms with Gasteiger partial charge in [-0.25, -0.2) is 4.79 Å². The van der Waals surface area contributed by atoms with Gasteiger partial charge in [0.15, 0.2) is 0 Å². The van der Waals surface area contributed by atoms with Crippen LogP contribution in [0.3, 0.4) is 0 Å². The Labute approximate surface area is 101 Å². The molecular weight excluding hydrogens is 240 g/mol. The summed E-state index contributed by atoms with van der Waals surface area (Å²) in [7, 11) is 2.66. The summed E-state index contributed by atoms with van der Waals surface area (Å²) in [5.74, 6) is -0.245. The van der Waals surface area contributed by atoms with Crippen molar-refractivity contribution >= 4 is 22.6 Å². The molecule has 94 valence electrons. The predicted molar refractivity (Wildman–Crippen MR) is 62.8 cm³/mol. The van der Waals surface area contributed by atoms with Crippen LogP contribution >= 0.6 is 0 Å². The third-order valence-corrected chi connectivity index (χ3v) is 2.51. The van der Waals surface area contributed by atoms with Crippen LogP contribution in [0.25, 0.3) is 10.9 Å². The summed E-state index contributed by atoms with van der Waals surface area (Å²) in [6.07, 6.45) is 0. The van der Waals surface area contributed by atoms with Crippen molar-refractivity contribution in [3.8, 4) is 5.75 Å². The number of nitro benzene ring substituents is 1. The summed E-state index contributed by atoms with van der Waals surface area (Å²) in [6.45, 7) is 0. The van der Waals surface area contributed by atoms with Gasteiger partial charge in [0.2, 0.25) is 0 Å². The number of carbonyl (C=O) groups is 1. The topological polar surface area (TPSA) is 94.5 Å². The molecule has 0 amide bonds. The highest BCUT2D eigenvalue weighted by Gasteiger charge is 2.17. The van der Waals surface area contributed by atoms with Crippen molar-refractivity contribution in [3.05, 3.63) is 34.0 Å². The van der Waals surface area contributed by atoms with Crippen LogP contribution in [0, 0.1) is 10.1 Å². The van der Waals surface area contributed by atoms with Crippen LogP contribution in [0.2, 0.25) is 0 Å². The molecule has 0 unspecified atom stereocenters. The monoisotopic (exact) mass is 250 g/mol. The van der Waals surface area contributed by atoms with Crippen molar-refractivity contribution in [2.24, 2.45) is 0 Å². The van der Waals surface area contributed by atoms with Crippen LogP contribution in [0.15, 0.2) is 18.2 Å². The Morgan fingerprint density at radius 2 is 2.06 bits per heavy atom. The van der Waals surface area contributed by atoms with Gasteiger partial charge in [-0.2, -0.15) is 0 Å². The number of benzene rings is 1. The first-order valence-electron chi connectivity index (χ1n) is 5.00. The number of non-ortho nitro benzene ring substituents is 1. The molecule has 1 N–H and O–H groups in total. The second-order valence-electron chi connectivity index (χ2n) is 3.54.